The maximum absolute atomic E-state index is 5.51. The molecule has 0 radical (unpaired) electrons. The fourth-order valence-electron chi connectivity index (χ4n) is 3.46. The summed E-state index contributed by atoms with van der Waals surface area (Å²) in [5.41, 5.74) is 1.36. The largest absolute Gasteiger partial charge is 0.382 e. The van der Waals surface area contributed by atoms with E-state index < -0.39 is 0 Å². The fourth-order valence-corrected chi connectivity index (χ4v) is 3.46. The number of rotatable bonds is 13. The monoisotopic (exact) mass is 518 g/mol. The van der Waals surface area contributed by atoms with E-state index in [1.54, 1.807) is 7.11 Å². The summed E-state index contributed by atoms with van der Waals surface area (Å²) in [6.45, 7) is 9.11. The molecular formula is C22H39IN4O2. The molecular weight excluding hydrogens is 479 g/mol. The van der Waals surface area contributed by atoms with Gasteiger partial charge < -0.3 is 20.1 Å². The first-order chi connectivity index (χ1) is 13.8. The minimum atomic E-state index is 0. The summed E-state index contributed by atoms with van der Waals surface area (Å²) in [4.78, 5) is 7.47. The normalized spacial score (nSPS) is 15.7. The van der Waals surface area contributed by atoms with Gasteiger partial charge in [0, 0.05) is 26.8 Å². The van der Waals surface area contributed by atoms with E-state index in [2.05, 4.69) is 52.8 Å². The minimum absolute atomic E-state index is 0. The Hall–Kier alpha value is -0.900. The smallest absolute Gasteiger partial charge is 0.191 e. The predicted molar refractivity (Wildman–Crippen MR) is 131 cm³/mol. The van der Waals surface area contributed by atoms with Crippen molar-refractivity contribution in [3.05, 3.63) is 35.9 Å². The molecule has 1 unspecified atom stereocenters. The lowest BCUT2D eigenvalue weighted by molar-refractivity contribution is 0.0689. The Labute approximate surface area is 193 Å². The average molecular weight is 518 g/mol. The quantitative estimate of drug-likeness (QED) is 0.181. The second kappa shape index (κ2) is 16.8. The number of halogens is 1. The number of likely N-dealkylation sites (tertiary alicyclic amines) is 1. The Kier molecular flexibility index (Phi) is 15.2. The van der Waals surface area contributed by atoms with Crippen LogP contribution in [-0.2, 0) is 9.47 Å². The lowest BCUT2D eigenvalue weighted by Crippen LogP contribution is -2.39. The number of nitrogens with zero attached hydrogens (tertiary/aromatic N) is 2. The minimum Gasteiger partial charge on any atom is -0.382 e. The molecule has 1 fully saturated rings. The van der Waals surface area contributed by atoms with Gasteiger partial charge in [-0.05, 0) is 51.3 Å². The summed E-state index contributed by atoms with van der Waals surface area (Å²) in [6, 6.07) is 11.1. The van der Waals surface area contributed by atoms with E-state index in [1.165, 1.54) is 31.5 Å². The molecule has 29 heavy (non-hydrogen) atoms. The van der Waals surface area contributed by atoms with Gasteiger partial charge in [-0.3, -0.25) is 9.89 Å². The number of nitrogens with one attached hydrogen (secondary N) is 2. The zero-order chi connectivity index (χ0) is 19.9. The van der Waals surface area contributed by atoms with Crippen LogP contribution in [-0.4, -0.2) is 70.5 Å². The summed E-state index contributed by atoms with van der Waals surface area (Å²) in [7, 11) is 1.70. The first kappa shape index (κ1) is 26.1. The van der Waals surface area contributed by atoms with Gasteiger partial charge in [-0.15, -0.1) is 24.0 Å². The van der Waals surface area contributed by atoms with Crippen LogP contribution in [0.2, 0.25) is 0 Å². The molecule has 0 amide bonds. The lowest BCUT2D eigenvalue weighted by Gasteiger charge is -2.27. The van der Waals surface area contributed by atoms with Crippen molar-refractivity contribution >= 4 is 29.9 Å². The predicted octanol–water partition coefficient (Wildman–Crippen LogP) is 3.44. The van der Waals surface area contributed by atoms with E-state index in [-0.39, 0.29) is 24.0 Å². The molecule has 6 nitrogen and oxygen atoms in total. The van der Waals surface area contributed by atoms with Crippen LogP contribution < -0.4 is 10.6 Å². The van der Waals surface area contributed by atoms with Crippen molar-refractivity contribution in [1.82, 2.24) is 15.5 Å². The molecule has 1 aromatic carbocycles. The van der Waals surface area contributed by atoms with Gasteiger partial charge in [0.05, 0.1) is 25.8 Å². The van der Waals surface area contributed by atoms with E-state index in [0.717, 1.165) is 45.0 Å². The van der Waals surface area contributed by atoms with Gasteiger partial charge in [0.1, 0.15) is 0 Å². The van der Waals surface area contributed by atoms with Crippen LogP contribution in [0.25, 0.3) is 0 Å². The van der Waals surface area contributed by atoms with Crippen LogP contribution >= 0.6 is 24.0 Å². The summed E-state index contributed by atoms with van der Waals surface area (Å²) in [5.74, 6) is 0.905. The Morgan fingerprint density at radius 2 is 1.83 bits per heavy atom. The molecule has 0 saturated carbocycles. The van der Waals surface area contributed by atoms with Crippen LogP contribution in [0.4, 0.5) is 0 Å². The Morgan fingerprint density at radius 1 is 1.07 bits per heavy atom. The molecule has 0 aliphatic carbocycles. The molecule has 1 heterocycles. The highest BCUT2D eigenvalue weighted by molar-refractivity contribution is 14.0. The van der Waals surface area contributed by atoms with Crippen LogP contribution in [0.15, 0.2) is 35.3 Å². The molecule has 0 spiro atoms. The highest BCUT2D eigenvalue weighted by atomic mass is 127. The summed E-state index contributed by atoms with van der Waals surface area (Å²) >= 11 is 0. The van der Waals surface area contributed by atoms with Crippen LogP contribution in [0.3, 0.4) is 0 Å². The third-order valence-corrected chi connectivity index (χ3v) is 4.97. The van der Waals surface area contributed by atoms with Crippen molar-refractivity contribution < 1.29 is 9.47 Å². The zero-order valence-corrected chi connectivity index (χ0v) is 20.4. The van der Waals surface area contributed by atoms with E-state index in [0.29, 0.717) is 19.3 Å². The van der Waals surface area contributed by atoms with E-state index in [1.807, 2.05) is 0 Å². The maximum atomic E-state index is 5.51. The highest BCUT2D eigenvalue weighted by Gasteiger charge is 2.23. The van der Waals surface area contributed by atoms with Gasteiger partial charge in [0.2, 0.25) is 0 Å². The molecule has 7 heteroatoms. The number of benzene rings is 1. The van der Waals surface area contributed by atoms with E-state index in [9.17, 15) is 0 Å². The molecule has 1 aliphatic heterocycles. The van der Waals surface area contributed by atoms with Gasteiger partial charge in [0.15, 0.2) is 5.96 Å². The fraction of sp³-hybridized carbons (Fsp3) is 0.682. The molecule has 1 atom stereocenters. The van der Waals surface area contributed by atoms with Gasteiger partial charge >= 0.3 is 0 Å². The molecule has 2 N–H and O–H groups in total. The Morgan fingerprint density at radius 3 is 2.52 bits per heavy atom. The van der Waals surface area contributed by atoms with Gasteiger partial charge in [-0.25, -0.2) is 0 Å². The van der Waals surface area contributed by atoms with Gasteiger partial charge in [-0.2, -0.15) is 0 Å². The van der Waals surface area contributed by atoms with Crippen molar-refractivity contribution in [3.63, 3.8) is 0 Å². The molecule has 1 saturated heterocycles. The first-order valence-electron chi connectivity index (χ1n) is 10.7. The van der Waals surface area contributed by atoms with Gasteiger partial charge in [-0.1, -0.05) is 30.3 Å². The molecule has 0 aromatic heterocycles. The molecule has 1 aliphatic rings. The number of hydrogen-bond acceptors (Lipinski definition) is 4. The summed E-state index contributed by atoms with van der Waals surface area (Å²) in [5, 5.41) is 6.83. The summed E-state index contributed by atoms with van der Waals surface area (Å²) < 4.78 is 10.5. The Bertz CT molecular complexity index is 539. The number of unbranched alkanes of at least 4 members (excludes halogenated alkanes) is 1. The Balaban J connectivity index is 0.00000420. The average Bonchev–Trinajstić information content (AvgIpc) is 3.25. The standard InChI is InChI=1S/C22H38N4O2.HI/c1-3-23-22(24-13-7-10-16-28-18-17-27-2)25-19-21(26-14-8-9-15-26)20-11-5-4-6-12-20;/h4-6,11-12,21H,3,7-10,13-19H2,1-2H3,(H2,23,24,25);1H. The number of hydrogen-bond donors (Lipinski definition) is 2. The lowest BCUT2D eigenvalue weighted by atomic mass is 10.1. The van der Waals surface area contributed by atoms with Crippen molar-refractivity contribution in [2.45, 2.75) is 38.6 Å². The highest BCUT2D eigenvalue weighted by Crippen LogP contribution is 2.25. The number of methoxy groups -OCH3 is 1. The SMILES string of the molecule is CCNC(=NCC(c1ccccc1)N1CCCC1)NCCCCOCCOC.I. The second-order valence-electron chi connectivity index (χ2n) is 7.13. The van der Waals surface area contributed by atoms with Crippen LogP contribution in [0.5, 0.6) is 0 Å². The van der Waals surface area contributed by atoms with Crippen LogP contribution in [0, 0.1) is 0 Å². The molecule has 166 valence electrons. The van der Waals surface area contributed by atoms with Gasteiger partial charge in [0.25, 0.3) is 0 Å². The zero-order valence-electron chi connectivity index (χ0n) is 18.1. The maximum Gasteiger partial charge on any atom is 0.191 e. The molecule has 1 aromatic rings. The van der Waals surface area contributed by atoms with Crippen LogP contribution in [0.1, 0.15) is 44.2 Å². The number of ether oxygens (including phenoxy) is 2. The van der Waals surface area contributed by atoms with E-state index >= 15 is 0 Å². The van der Waals surface area contributed by atoms with E-state index in [4.69, 9.17) is 14.5 Å². The van der Waals surface area contributed by atoms with Crippen molar-refractivity contribution in [3.8, 4) is 0 Å². The van der Waals surface area contributed by atoms with Crippen molar-refractivity contribution in [2.24, 2.45) is 4.99 Å². The topological polar surface area (TPSA) is 58.1 Å². The number of aliphatic imine (C=N–C) groups is 1. The summed E-state index contributed by atoms with van der Waals surface area (Å²) in [6.07, 6.45) is 4.68. The first-order valence-corrected chi connectivity index (χ1v) is 10.7. The van der Waals surface area contributed by atoms with Crippen molar-refractivity contribution in [1.29, 1.82) is 0 Å². The second-order valence-corrected chi connectivity index (χ2v) is 7.13. The third-order valence-electron chi connectivity index (χ3n) is 4.97. The molecule has 0 bridgehead atoms. The third kappa shape index (κ3) is 10.6. The van der Waals surface area contributed by atoms with Crippen molar-refractivity contribution in [2.75, 3.05) is 59.7 Å². The molecule has 2 rings (SSSR count). The number of guanidine groups is 1.